The third-order valence-corrected chi connectivity index (χ3v) is 1.37. The molecule has 0 aliphatic carbocycles. The SMILES string of the molecule is CCCC(=O)N(C=O)OC(=O)OC(C)(C)C. The molecule has 0 heterocycles. The highest BCUT2D eigenvalue weighted by Gasteiger charge is 2.22. The molecule has 6 heteroatoms. The minimum absolute atomic E-state index is 0.127. The van der Waals surface area contributed by atoms with Crippen LogP contribution in [0.25, 0.3) is 0 Å². The molecule has 0 bridgehead atoms. The van der Waals surface area contributed by atoms with Gasteiger partial charge in [0.2, 0.25) is 0 Å². The monoisotopic (exact) mass is 231 g/mol. The predicted octanol–water partition coefficient (Wildman–Crippen LogP) is 1.64. The number of amides is 2. The molecule has 0 radical (unpaired) electrons. The van der Waals surface area contributed by atoms with Gasteiger partial charge in [0, 0.05) is 6.42 Å². The van der Waals surface area contributed by atoms with Crippen molar-refractivity contribution in [3.63, 3.8) is 0 Å². The van der Waals surface area contributed by atoms with Gasteiger partial charge >= 0.3 is 6.16 Å². The Labute approximate surface area is 94.4 Å². The molecule has 0 aliphatic rings. The number of carbonyl (C=O) groups excluding carboxylic acids is 3. The number of carbonyl (C=O) groups is 3. The van der Waals surface area contributed by atoms with E-state index < -0.39 is 17.7 Å². The molecule has 0 spiro atoms. The lowest BCUT2D eigenvalue weighted by molar-refractivity contribution is -0.179. The highest BCUT2D eigenvalue weighted by Crippen LogP contribution is 2.09. The lowest BCUT2D eigenvalue weighted by Gasteiger charge is -2.20. The molecule has 0 saturated heterocycles. The molecule has 0 unspecified atom stereocenters. The summed E-state index contributed by atoms with van der Waals surface area (Å²) in [7, 11) is 0. The van der Waals surface area contributed by atoms with Crippen LogP contribution in [0.2, 0.25) is 0 Å². The molecule has 0 rings (SSSR count). The smallest absolute Gasteiger partial charge is 0.427 e. The average molecular weight is 231 g/mol. The van der Waals surface area contributed by atoms with E-state index in [-0.39, 0.29) is 12.8 Å². The van der Waals surface area contributed by atoms with Crippen molar-refractivity contribution in [1.29, 1.82) is 0 Å². The third kappa shape index (κ3) is 6.00. The van der Waals surface area contributed by atoms with E-state index in [0.29, 0.717) is 11.5 Å². The fourth-order valence-electron chi connectivity index (χ4n) is 0.804. The van der Waals surface area contributed by atoms with Crippen molar-refractivity contribution in [2.45, 2.75) is 46.1 Å². The maximum atomic E-state index is 11.2. The van der Waals surface area contributed by atoms with Gasteiger partial charge in [0.25, 0.3) is 12.3 Å². The molecule has 0 N–H and O–H groups in total. The molecular formula is C10H17NO5. The van der Waals surface area contributed by atoms with E-state index in [4.69, 9.17) is 4.74 Å². The van der Waals surface area contributed by atoms with E-state index in [1.165, 1.54) is 0 Å². The Bertz CT molecular complexity index is 269. The number of ether oxygens (including phenoxy) is 1. The molecule has 0 aromatic rings. The number of rotatable bonds is 3. The molecule has 0 saturated carbocycles. The topological polar surface area (TPSA) is 72.9 Å². The van der Waals surface area contributed by atoms with Crippen molar-refractivity contribution in [2.24, 2.45) is 0 Å². The molecule has 92 valence electrons. The first-order chi connectivity index (χ1) is 7.30. The first-order valence-corrected chi connectivity index (χ1v) is 4.98. The van der Waals surface area contributed by atoms with Gasteiger partial charge in [-0.2, -0.15) is 0 Å². The standard InChI is InChI=1S/C10H17NO5/c1-5-6-8(13)11(7-12)16-9(14)15-10(2,3)4/h7H,5-6H2,1-4H3. The zero-order valence-electron chi connectivity index (χ0n) is 9.98. The van der Waals surface area contributed by atoms with Crippen molar-refractivity contribution >= 4 is 18.5 Å². The van der Waals surface area contributed by atoms with Crippen LogP contribution in [0.1, 0.15) is 40.5 Å². The van der Waals surface area contributed by atoms with Gasteiger partial charge in [0.05, 0.1) is 0 Å². The van der Waals surface area contributed by atoms with E-state index in [9.17, 15) is 14.4 Å². The van der Waals surface area contributed by atoms with E-state index in [1.807, 2.05) is 0 Å². The van der Waals surface area contributed by atoms with Gasteiger partial charge in [-0.25, -0.2) is 4.79 Å². The van der Waals surface area contributed by atoms with Crippen molar-refractivity contribution < 1.29 is 24.0 Å². The summed E-state index contributed by atoms with van der Waals surface area (Å²) in [6.45, 7) is 6.71. The second kappa shape index (κ2) is 6.09. The van der Waals surface area contributed by atoms with Crippen LogP contribution in [0.15, 0.2) is 0 Å². The second-order valence-corrected chi connectivity index (χ2v) is 4.13. The minimum Gasteiger partial charge on any atom is -0.427 e. The summed E-state index contributed by atoms with van der Waals surface area (Å²) in [6, 6.07) is 0. The van der Waals surface area contributed by atoms with E-state index in [1.54, 1.807) is 27.7 Å². The van der Waals surface area contributed by atoms with Crippen molar-refractivity contribution in [3.05, 3.63) is 0 Å². The maximum absolute atomic E-state index is 11.2. The molecule has 16 heavy (non-hydrogen) atoms. The number of imide groups is 1. The fourth-order valence-corrected chi connectivity index (χ4v) is 0.804. The zero-order chi connectivity index (χ0) is 12.8. The van der Waals surface area contributed by atoms with Crippen LogP contribution >= 0.6 is 0 Å². The van der Waals surface area contributed by atoms with Crippen LogP contribution < -0.4 is 0 Å². The lowest BCUT2D eigenvalue weighted by Crippen LogP contribution is -2.35. The quantitative estimate of drug-likeness (QED) is 0.419. The highest BCUT2D eigenvalue weighted by atomic mass is 16.8. The van der Waals surface area contributed by atoms with Crippen molar-refractivity contribution in [2.75, 3.05) is 0 Å². The van der Waals surface area contributed by atoms with Gasteiger partial charge in [-0.3, -0.25) is 14.4 Å². The summed E-state index contributed by atoms with van der Waals surface area (Å²) < 4.78 is 4.78. The van der Waals surface area contributed by atoms with Gasteiger partial charge in [0.1, 0.15) is 5.60 Å². The Hall–Kier alpha value is -1.59. The Morgan fingerprint density at radius 2 is 1.88 bits per heavy atom. The minimum atomic E-state index is -1.08. The van der Waals surface area contributed by atoms with Crippen LogP contribution in [0.5, 0.6) is 0 Å². The number of nitrogens with zero attached hydrogens (tertiary/aromatic N) is 1. The van der Waals surface area contributed by atoms with Gasteiger partial charge < -0.3 is 4.74 Å². The zero-order valence-corrected chi connectivity index (χ0v) is 9.98. The number of hydroxylamine groups is 2. The predicted molar refractivity (Wildman–Crippen MR) is 55.1 cm³/mol. The van der Waals surface area contributed by atoms with Crippen LogP contribution in [0.3, 0.4) is 0 Å². The Balaban J connectivity index is 4.28. The molecular weight excluding hydrogens is 214 g/mol. The highest BCUT2D eigenvalue weighted by molar-refractivity contribution is 5.85. The first kappa shape index (κ1) is 14.4. The van der Waals surface area contributed by atoms with Crippen LogP contribution in [0.4, 0.5) is 4.79 Å². The van der Waals surface area contributed by atoms with Gasteiger partial charge in [0.15, 0.2) is 0 Å². The van der Waals surface area contributed by atoms with Crippen molar-refractivity contribution in [3.8, 4) is 0 Å². The van der Waals surface area contributed by atoms with Gasteiger partial charge in [-0.05, 0) is 27.2 Å². The number of hydrogen-bond donors (Lipinski definition) is 0. The third-order valence-electron chi connectivity index (χ3n) is 1.37. The van der Waals surface area contributed by atoms with E-state index in [0.717, 1.165) is 0 Å². The normalized spacial score (nSPS) is 10.5. The number of hydrogen-bond acceptors (Lipinski definition) is 5. The Morgan fingerprint density at radius 3 is 2.25 bits per heavy atom. The molecule has 0 fully saturated rings. The molecule has 6 nitrogen and oxygen atoms in total. The van der Waals surface area contributed by atoms with Gasteiger partial charge in [-0.15, -0.1) is 5.06 Å². The largest absolute Gasteiger partial charge is 0.534 e. The Morgan fingerprint density at radius 1 is 1.31 bits per heavy atom. The van der Waals surface area contributed by atoms with Gasteiger partial charge in [-0.1, -0.05) is 6.92 Å². The van der Waals surface area contributed by atoms with Crippen LogP contribution in [-0.2, 0) is 19.2 Å². The summed E-state index contributed by atoms with van der Waals surface area (Å²) in [4.78, 5) is 37.3. The lowest BCUT2D eigenvalue weighted by atomic mass is 10.2. The molecule has 0 aliphatic heterocycles. The molecule has 0 aromatic heterocycles. The maximum Gasteiger partial charge on any atom is 0.534 e. The molecule has 0 aromatic carbocycles. The molecule has 0 atom stereocenters. The van der Waals surface area contributed by atoms with E-state index >= 15 is 0 Å². The fraction of sp³-hybridized carbons (Fsp3) is 0.700. The van der Waals surface area contributed by atoms with Crippen molar-refractivity contribution in [1.82, 2.24) is 5.06 Å². The van der Waals surface area contributed by atoms with E-state index in [2.05, 4.69) is 4.84 Å². The molecule has 2 amide bonds. The summed E-state index contributed by atoms with van der Waals surface area (Å²) >= 11 is 0. The first-order valence-electron chi connectivity index (χ1n) is 4.98. The summed E-state index contributed by atoms with van der Waals surface area (Å²) in [5.74, 6) is -0.580. The Kier molecular flexibility index (Phi) is 5.49. The summed E-state index contributed by atoms with van der Waals surface area (Å²) in [6.07, 6.45) is -0.256. The van der Waals surface area contributed by atoms with Crippen LogP contribution in [-0.4, -0.2) is 29.1 Å². The summed E-state index contributed by atoms with van der Waals surface area (Å²) in [5, 5.41) is 0.345. The second-order valence-electron chi connectivity index (χ2n) is 4.13. The van der Waals surface area contributed by atoms with Crippen LogP contribution in [0, 0.1) is 0 Å². The average Bonchev–Trinajstić information content (AvgIpc) is 2.11. The summed E-state index contributed by atoms with van der Waals surface area (Å²) in [5.41, 5.74) is -0.737.